The number of halogens is 7. The number of hydrogen-bond acceptors (Lipinski definition) is 4. The first-order chi connectivity index (χ1) is 17.6. The zero-order chi connectivity index (χ0) is 27.7. The summed E-state index contributed by atoms with van der Waals surface area (Å²) in [5.41, 5.74) is -4.28. The second kappa shape index (κ2) is 8.31. The van der Waals surface area contributed by atoms with Crippen LogP contribution in [0.2, 0.25) is 0 Å². The lowest BCUT2D eigenvalue weighted by Gasteiger charge is -2.33. The van der Waals surface area contributed by atoms with Gasteiger partial charge in [0.25, 0.3) is 11.8 Å². The number of oxazole rings is 2. The number of aromatic nitrogens is 2. The molecule has 0 N–H and O–H groups in total. The third kappa shape index (κ3) is 4.10. The fourth-order valence-corrected chi connectivity index (χ4v) is 4.33. The summed E-state index contributed by atoms with van der Waals surface area (Å²) in [7, 11) is 0. The zero-order valence-corrected chi connectivity index (χ0v) is 20.1. The highest BCUT2D eigenvalue weighted by molar-refractivity contribution is 5.76. The van der Waals surface area contributed by atoms with E-state index >= 15 is 8.78 Å². The average molecular weight is 536 g/mol. The van der Waals surface area contributed by atoms with Crippen LogP contribution in [0.5, 0.6) is 0 Å². The highest BCUT2D eigenvalue weighted by Crippen LogP contribution is 2.47. The summed E-state index contributed by atoms with van der Waals surface area (Å²) in [5.74, 6) is -8.13. The van der Waals surface area contributed by atoms with E-state index in [2.05, 4.69) is 9.97 Å². The molecule has 1 unspecified atom stereocenters. The van der Waals surface area contributed by atoms with Crippen molar-refractivity contribution in [3.63, 3.8) is 0 Å². The molecule has 4 nitrogen and oxygen atoms in total. The topological polar surface area (TPSA) is 52.1 Å². The Morgan fingerprint density at radius 3 is 1.76 bits per heavy atom. The molecule has 0 amide bonds. The minimum Gasteiger partial charge on any atom is -0.441 e. The first-order valence-corrected chi connectivity index (χ1v) is 11.3. The van der Waals surface area contributed by atoms with Crippen molar-refractivity contribution in [1.82, 2.24) is 9.97 Å². The van der Waals surface area contributed by atoms with E-state index < -0.39 is 40.5 Å². The fraction of sp³-hybridized carbons (Fsp3) is 0.259. The highest BCUT2D eigenvalue weighted by atomic mass is 19.4. The molecule has 0 fully saturated rings. The highest BCUT2D eigenvalue weighted by Gasteiger charge is 2.54. The van der Waals surface area contributed by atoms with Crippen molar-refractivity contribution in [2.45, 2.75) is 44.2 Å². The largest absolute Gasteiger partial charge is 0.441 e. The van der Waals surface area contributed by atoms with E-state index in [-0.39, 0.29) is 33.6 Å². The van der Waals surface area contributed by atoms with Crippen LogP contribution >= 0.6 is 0 Å². The number of aryl methyl sites for hydroxylation is 1. The van der Waals surface area contributed by atoms with Crippen molar-refractivity contribution in [1.29, 1.82) is 0 Å². The van der Waals surface area contributed by atoms with E-state index in [4.69, 9.17) is 8.83 Å². The molecule has 5 aromatic rings. The molecule has 11 heteroatoms. The summed E-state index contributed by atoms with van der Waals surface area (Å²) >= 11 is 0. The second-order valence-corrected chi connectivity index (χ2v) is 9.28. The van der Waals surface area contributed by atoms with Crippen molar-refractivity contribution < 1.29 is 39.6 Å². The van der Waals surface area contributed by atoms with E-state index in [0.717, 1.165) is 43.3 Å². The van der Waals surface area contributed by atoms with Gasteiger partial charge in [0.15, 0.2) is 17.1 Å². The molecule has 38 heavy (non-hydrogen) atoms. The Bertz CT molecular complexity index is 1660. The van der Waals surface area contributed by atoms with Crippen LogP contribution in [0.25, 0.3) is 22.2 Å². The summed E-state index contributed by atoms with van der Waals surface area (Å²) in [6, 6.07) is 10.8. The number of alkyl halides is 7. The number of fused-ring (bicyclic) bond motifs is 2. The molecule has 1 atom stereocenters. The molecule has 0 aliphatic rings. The summed E-state index contributed by atoms with van der Waals surface area (Å²) in [6.45, 7) is 3.11. The molecule has 0 spiro atoms. The number of rotatable bonds is 5. The molecule has 198 valence electrons. The Morgan fingerprint density at radius 1 is 0.632 bits per heavy atom. The van der Waals surface area contributed by atoms with Gasteiger partial charge in [0, 0.05) is 25.0 Å². The van der Waals surface area contributed by atoms with Gasteiger partial charge in [-0.3, -0.25) is 0 Å². The van der Waals surface area contributed by atoms with Gasteiger partial charge in [-0.05, 0) is 48.4 Å². The lowest BCUT2D eigenvalue weighted by atomic mass is 9.75. The molecule has 2 aromatic heterocycles. The van der Waals surface area contributed by atoms with Crippen LogP contribution in [0.15, 0.2) is 69.5 Å². The average Bonchev–Trinajstić information content (AvgIpc) is 3.44. The van der Waals surface area contributed by atoms with Crippen LogP contribution in [0.1, 0.15) is 47.9 Å². The normalized spacial score (nSPS) is 14.8. The summed E-state index contributed by atoms with van der Waals surface area (Å²) < 4.78 is 112. The number of hydrogen-bond donors (Lipinski definition) is 0. The lowest BCUT2D eigenvalue weighted by Crippen LogP contribution is -2.40. The van der Waals surface area contributed by atoms with E-state index in [1.54, 1.807) is 6.92 Å². The third-order valence-corrected chi connectivity index (χ3v) is 6.60. The van der Waals surface area contributed by atoms with Crippen LogP contribution in [-0.4, -0.2) is 16.1 Å². The molecule has 2 heterocycles. The van der Waals surface area contributed by atoms with Crippen LogP contribution in [0.3, 0.4) is 0 Å². The summed E-state index contributed by atoms with van der Waals surface area (Å²) in [5, 5.41) is 0. The molecule has 3 aromatic carbocycles. The van der Waals surface area contributed by atoms with E-state index in [1.807, 2.05) is 0 Å². The van der Waals surface area contributed by atoms with Crippen LogP contribution in [-0.2, 0) is 17.3 Å². The summed E-state index contributed by atoms with van der Waals surface area (Å²) in [6.07, 6.45) is -4.80. The quantitative estimate of drug-likeness (QED) is 0.212. The van der Waals surface area contributed by atoms with Crippen LogP contribution < -0.4 is 0 Å². The molecule has 0 saturated heterocycles. The molecule has 0 bridgehead atoms. The van der Waals surface area contributed by atoms with E-state index in [1.165, 1.54) is 18.2 Å². The van der Waals surface area contributed by atoms with Gasteiger partial charge in [0.1, 0.15) is 16.4 Å². The Morgan fingerprint density at radius 2 is 1.18 bits per heavy atom. The molecular formula is C27H19F7N2O2. The van der Waals surface area contributed by atoms with Crippen molar-refractivity contribution in [3.05, 3.63) is 94.7 Å². The van der Waals surface area contributed by atoms with Gasteiger partial charge in [-0.2, -0.15) is 22.0 Å². The predicted molar refractivity (Wildman–Crippen MR) is 124 cm³/mol. The van der Waals surface area contributed by atoms with E-state index in [0.29, 0.717) is 18.6 Å². The molecule has 0 saturated carbocycles. The number of benzene rings is 3. The minimum absolute atomic E-state index is 0.142. The van der Waals surface area contributed by atoms with E-state index in [9.17, 15) is 22.0 Å². The maximum atomic E-state index is 15.2. The maximum absolute atomic E-state index is 15.2. The first kappa shape index (κ1) is 25.7. The SMILES string of the molecule is Cc1nc2cc(C(C)(c3ccc4oc(C(F)(F)c5cccc(C(C)(F)F)c5)nc4c3)C(F)(F)F)ccc2o1. The maximum Gasteiger partial charge on any atom is 0.402 e. The second-order valence-electron chi connectivity index (χ2n) is 9.28. The Kier molecular flexibility index (Phi) is 5.63. The minimum atomic E-state index is -4.80. The van der Waals surface area contributed by atoms with Gasteiger partial charge in [0.05, 0.1) is 0 Å². The monoisotopic (exact) mass is 536 g/mol. The Labute approximate surface area is 211 Å². The number of nitrogens with zero attached hydrogens (tertiary/aromatic N) is 2. The van der Waals surface area contributed by atoms with Gasteiger partial charge in [-0.1, -0.05) is 30.3 Å². The Hall–Kier alpha value is -3.89. The molecule has 5 rings (SSSR count). The molecule has 0 radical (unpaired) electrons. The van der Waals surface area contributed by atoms with Crippen LogP contribution in [0, 0.1) is 6.92 Å². The molecule has 0 aliphatic heterocycles. The summed E-state index contributed by atoms with van der Waals surface area (Å²) in [4.78, 5) is 7.86. The van der Waals surface area contributed by atoms with Crippen LogP contribution in [0.4, 0.5) is 30.7 Å². The van der Waals surface area contributed by atoms with Crippen molar-refractivity contribution in [2.24, 2.45) is 0 Å². The third-order valence-electron chi connectivity index (χ3n) is 6.60. The van der Waals surface area contributed by atoms with Crippen molar-refractivity contribution >= 4 is 22.2 Å². The van der Waals surface area contributed by atoms with Gasteiger partial charge in [0.2, 0.25) is 0 Å². The smallest absolute Gasteiger partial charge is 0.402 e. The standard InChI is InChI=1S/C27H19F7N2O2/c1-14-35-19-12-15(7-9-21(19)37-14)24(2,27(32,33)34)16-8-10-22-20(13-16)36-23(38-22)26(30,31)18-6-4-5-17(11-18)25(3,28)29/h4-13H,1-3H3. The van der Waals surface area contributed by atoms with Gasteiger partial charge in [-0.15, -0.1) is 0 Å². The first-order valence-electron chi connectivity index (χ1n) is 11.3. The molecule has 0 aliphatic carbocycles. The molecular weight excluding hydrogens is 517 g/mol. The fourth-order valence-electron chi connectivity index (χ4n) is 4.33. The predicted octanol–water partition coefficient (Wildman–Crippen LogP) is 8.40. The van der Waals surface area contributed by atoms with Crippen molar-refractivity contribution in [3.8, 4) is 0 Å². The van der Waals surface area contributed by atoms with Gasteiger partial charge < -0.3 is 8.83 Å². The Balaban J connectivity index is 1.61. The zero-order valence-electron chi connectivity index (χ0n) is 20.1. The van der Waals surface area contributed by atoms with Gasteiger partial charge in [-0.25, -0.2) is 18.7 Å². The van der Waals surface area contributed by atoms with Gasteiger partial charge >= 0.3 is 12.1 Å². The van der Waals surface area contributed by atoms with Crippen molar-refractivity contribution in [2.75, 3.05) is 0 Å². The lowest BCUT2D eigenvalue weighted by molar-refractivity contribution is -0.173.